The van der Waals surface area contributed by atoms with Crippen LogP contribution in [-0.4, -0.2) is 16.4 Å². The van der Waals surface area contributed by atoms with Crippen molar-refractivity contribution < 1.29 is 9.90 Å². The highest BCUT2D eigenvalue weighted by molar-refractivity contribution is 6.36. The summed E-state index contributed by atoms with van der Waals surface area (Å²) in [5, 5.41) is 10.4. The molecule has 0 unspecified atom stereocenters. The molecule has 0 spiro atoms. The Labute approximate surface area is 78.9 Å². The zero-order valence-electron chi connectivity index (χ0n) is 6.54. The molecule has 0 aliphatic rings. The van der Waals surface area contributed by atoms with Crippen molar-refractivity contribution in [2.45, 2.75) is 0 Å². The molecular weight excluding hydrogens is 190 g/mol. The van der Waals surface area contributed by atoms with Crippen LogP contribution in [-0.2, 0) is 0 Å². The molecule has 1 aromatic heterocycles. The van der Waals surface area contributed by atoms with Gasteiger partial charge in [-0.3, -0.25) is 4.79 Å². The van der Waals surface area contributed by atoms with E-state index in [0.29, 0.717) is 27.8 Å². The number of H-pyrrole nitrogens is 1. The van der Waals surface area contributed by atoms with Gasteiger partial charge < -0.3 is 10.1 Å². The molecule has 0 aliphatic carbocycles. The lowest BCUT2D eigenvalue weighted by atomic mass is 10.2. The Balaban J connectivity index is 2.95. The number of aromatic amines is 1. The summed E-state index contributed by atoms with van der Waals surface area (Å²) in [5.74, 6) is 0.0903. The number of carbonyl (C=O) groups is 1. The fourth-order valence-corrected chi connectivity index (χ4v) is 1.58. The number of aldehydes is 1. The molecule has 0 bridgehead atoms. The number of aromatic hydroxyl groups is 1. The van der Waals surface area contributed by atoms with Crippen LogP contribution in [0.1, 0.15) is 10.4 Å². The Morgan fingerprint density at radius 3 is 2.92 bits per heavy atom. The number of benzene rings is 1. The minimum absolute atomic E-state index is 0.0903. The lowest BCUT2D eigenvalue weighted by molar-refractivity contribution is 0.112. The molecule has 0 aliphatic heterocycles. The molecule has 0 amide bonds. The molecule has 1 aromatic carbocycles. The summed E-state index contributed by atoms with van der Waals surface area (Å²) in [6, 6.07) is 3.04. The van der Waals surface area contributed by atoms with Gasteiger partial charge in [-0.2, -0.15) is 0 Å². The lowest BCUT2D eigenvalue weighted by Gasteiger charge is -1.97. The van der Waals surface area contributed by atoms with E-state index in [4.69, 9.17) is 11.6 Å². The van der Waals surface area contributed by atoms with Crippen LogP contribution in [0.3, 0.4) is 0 Å². The van der Waals surface area contributed by atoms with Crippen molar-refractivity contribution in [3.63, 3.8) is 0 Å². The average molecular weight is 196 g/mol. The minimum Gasteiger partial charge on any atom is -0.506 e. The maximum atomic E-state index is 10.6. The molecule has 0 saturated carbocycles. The third kappa shape index (κ3) is 1.09. The normalized spacial score (nSPS) is 10.5. The monoisotopic (exact) mass is 195 g/mol. The summed E-state index contributed by atoms with van der Waals surface area (Å²) < 4.78 is 0. The second kappa shape index (κ2) is 2.78. The third-order valence-electron chi connectivity index (χ3n) is 1.92. The summed E-state index contributed by atoms with van der Waals surface area (Å²) >= 11 is 5.86. The number of aromatic nitrogens is 1. The number of phenols is 1. The predicted octanol–water partition coefficient (Wildman–Crippen LogP) is 2.34. The quantitative estimate of drug-likeness (QED) is 0.687. The molecule has 0 atom stereocenters. The first-order valence-corrected chi connectivity index (χ1v) is 4.05. The molecule has 3 nitrogen and oxygen atoms in total. The zero-order valence-corrected chi connectivity index (χ0v) is 7.30. The number of carbonyl (C=O) groups excluding carboxylic acids is 1. The zero-order chi connectivity index (χ0) is 9.42. The number of halogens is 1. The topological polar surface area (TPSA) is 53.1 Å². The van der Waals surface area contributed by atoms with E-state index in [0.717, 1.165) is 0 Å². The Kier molecular flexibility index (Phi) is 1.74. The first-order valence-electron chi connectivity index (χ1n) is 3.68. The van der Waals surface area contributed by atoms with Crippen LogP contribution < -0.4 is 0 Å². The molecule has 2 aromatic rings. The number of hydrogen-bond acceptors (Lipinski definition) is 2. The van der Waals surface area contributed by atoms with E-state index in [2.05, 4.69) is 4.98 Å². The van der Waals surface area contributed by atoms with E-state index in [-0.39, 0.29) is 5.75 Å². The van der Waals surface area contributed by atoms with Gasteiger partial charge in [-0.05, 0) is 12.1 Å². The van der Waals surface area contributed by atoms with Gasteiger partial charge in [0.05, 0.1) is 10.5 Å². The van der Waals surface area contributed by atoms with Gasteiger partial charge in [-0.15, -0.1) is 0 Å². The van der Waals surface area contributed by atoms with Crippen molar-refractivity contribution in [1.29, 1.82) is 0 Å². The second-order valence-electron chi connectivity index (χ2n) is 2.68. The highest BCUT2D eigenvalue weighted by Gasteiger charge is 2.09. The Bertz CT molecular complexity index is 476. The molecule has 4 heteroatoms. The van der Waals surface area contributed by atoms with Crippen LogP contribution in [0.5, 0.6) is 5.75 Å². The molecule has 0 saturated heterocycles. The van der Waals surface area contributed by atoms with E-state index in [1.807, 2.05) is 0 Å². The van der Waals surface area contributed by atoms with E-state index in [1.165, 1.54) is 12.3 Å². The summed E-state index contributed by atoms with van der Waals surface area (Å²) in [7, 11) is 0. The summed E-state index contributed by atoms with van der Waals surface area (Å²) in [4.78, 5) is 13.4. The van der Waals surface area contributed by atoms with Gasteiger partial charge in [0.1, 0.15) is 5.75 Å². The van der Waals surface area contributed by atoms with Gasteiger partial charge in [0, 0.05) is 17.1 Å². The van der Waals surface area contributed by atoms with E-state index < -0.39 is 0 Å². The molecule has 2 rings (SSSR count). The Hall–Kier alpha value is -1.48. The van der Waals surface area contributed by atoms with Crippen LogP contribution in [0.25, 0.3) is 10.9 Å². The molecule has 2 N–H and O–H groups in total. The van der Waals surface area contributed by atoms with E-state index >= 15 is 0 Å². The largest absolute Gasteiger partial charge is 0.506 e. The number of rotatable bonds is 1. The van der Waals surface area contributed by atoms with Crippen LogP contribution in [0.4, 0.5) is 0 Å². The van der Waals surface area contributed by atoms with Crippen molar-refractivity contribution in [2.24, 2.45) is 0 Å². The first-order chi connectivity index (χ1) is 6.24. The summed E-state index contributed by atoms with van der Waals surface area (Å²) in [6.07, 6.45) is 2.22. The minimum atomic E-state index is 0.0903. The van der Waals surface area contributed by atoms with Crippen LogP contribution in [0, 0.1) is 0 Å². The van der Waals surface area contributed by atoms with E-state index in [9.17, 15) is 9.90 Å². The van der Waals surface area contributed by atoms with Gasteiger partial charge >= 0.3 is 0 Å². The fraction of sp³-hybridized carbons (Fsp3) is 0. The number of hydrogen-bond donors (Lipinski definition) is 2. The van der Waals surface area contributed by atoms with Crippen molar-refractivity contribution in [3.05, 3.63) is 28.9 Å². The number of nitrogens with one attached hydrogen (secondary N) is 1. The summed E-state index contributed by atoms with van der Waals surface area (Å²) in [5.41, 5.74) is 0.950. The lowest BCUT2D eigenvalue weighted by Crippen LogP contribution is -1.76. The Morgan fingerprint density at radius 1 is 1.46 bits per heavy atom. The molecular formula is C9H6ClNO2. The van der Waals surface area contributed by atoms with Gasteiger partial charge in [-0.1, -0.05) is 11.6 Å². The number of fused-ring (bicyclic) bond motifs is 1. The van der Waals surface area contributed by atoms with Crippen molar-refractivity contribution in [3.8, 4) is 5.75 Å². The average Bonchev–Trinajstić information content (AvgIpc) is 2.56. The van der Waals surface area contributed by atoms with Gasteiger partial charge in [0.15, 0.2) is 6.29 Å². The molecule has 1 heterocycles. The first kappa shape index (κ1) is 8.13. The molecule has 0 fully saturated rings. The van der Waals surface area contributed by atoms with Gasteiger partial charge in [-0.25, -0.2) is 0 Å². The Morgan fingerprint density at radius 2 is 2.23 bits per heavy atom. The maximum Gasteiger partial charge on any atom is 0.152 e. The smallest absolute Gasteiger partial charge is 0.152 e. The van der Waals surface area contributed by atoms with Crippen LogP contribution >= 0.6 is 11.6 Å². The molecule has 13 heavy (non-hydrogen) atoms. The van der Waals surface area contributed by atoms with Gasteiger partial charge in [0.25, 0.3) is 0 Å². The third-order valence-corrected chi connectivity index (χ3v) is 2.24. The predicted molar refractivity (Wildman–Crippen MR) is 50.4 cm³/mol. The molecule has 0 radical (unpaired) electrons. The maximum absolute atomic E-state index is 10.6. The highest BCUT2D eigenvalue weighted by atomic mass is 35.5. The fourth-order valence-electron chi connectivity index (χ4n) is 1.31. The second-order valence-corrected chi connectivity index (χ2v) is 3.09. The van der Waals surface area contributed by atoms with Crippen molar-refractivity contribution in [1.82, 2.24) is 4.98 Å². The van der Waals surface area contributed by atoms with Gasteiger partial charge in [0.2, 0.25) is 0 Å². The van der Waals surface area contributed by atoms with Crippen LogP contribution in [0.15, 0.2) is 18.3 Å². The van der Waals surface area contributed by atoms with Crippen LogP contribution in [0.2, 0.25) is 5.02 Å². The van der Waals surface area contributed by atoms with E-state index in [1.54, 1.807) is 6.07 Å². The molecule has 66 valence electrons. The van der Waals surface area contributed by atoms with Crippen molar-refractivity contribution >= 4 is 28.8 Å². The summed E-state index contributed by atoms with van der Waals surface area (Å²) in [6.45, 7) is 0. The SMILES string of the molecule is O=Cc1c[nH]c2c(O)ccc(Cl)c12. The number of phenolic OH excluding ortho intramolecular Hbond substituents is 1. The highest BCUT2D eigenvalue weighted by Crippen LogP contribution is 2.31. The van der Waals surface area contributed by atoms with Crippen molar-refractivity contribution in [2.75, 3.05) is 0 Å². The standard InChI is InChI=1S/C9H6ClNO2/c10-6-1-2-7(13)9-8(6)5(4-12)3-11-9/h1-4,11,13H.